The maximum absolute atomic E-state index is 5.89. The highest BCUT2D eigenvalue weighted by molar-refractivity contribution is 7.18. The summed E-state index contributed by atoms with van der Waals surface area (Å²) >= 11 is 7.47. The van der Waals surface area contributed by atoms with Crippen LogP contribution in [0.5, 0.6) is 5.88 Å². The lowest BCUT2D eigenvalue weighted by atomic mass is 10.2. The smallest absolute Gasteiger partial charge is 0.227 e. The van der Waals surface area contributed by atoms with Crippen LogP contribution in [0.2, 0.25) is 5.28 Å². The fourth-order valence-corrected chi connectivity index (χ4v) is 2.67. The van der Waals surface area contributed by atoms with Gasteiger partial charge in [0.25, 0.3) is 0 Å². The van der Waals surface area contributed by atoms with Gasteiger partial charge in [0, 0.05) is 4.88 Å². The van der Waals surface area contributed by atoms with Crippen LogP contribution in [0.3, 0.4) is 0 Å². The number of aryl methyl sites for hydroxylation is 1. The van der Waals surface area contributed by atoms with Gasteiger partial charge in [0.2, 0.25) is 11.2 Å². The maximum atomic E-state index is 5.89. The van der Waals surface area contributed by atoms with Gasteiger partial charge in [0.05, 0.1) is 17.6 Å². The average molecular weight is 301 g/mol. The minimum absolute atomic E-state index is 0.166. The van der Waals surface area contributed by atoms with Gasteiger partial charge >= 0.3 is 0 Å². The van der Waals surface area contributed by atoms with Crippen molar-refractivity contribution in [2.24, 2.45) is 0 Å². The number of thiophene rings is 1. The highest BCUT2D eigenvalue weighted by atomic mass is 35.5. The Morgan fingerprint density at radius 3 is 2.68 bits per heavy atom. The number of rotatable bonds is 4. The molecular formula is C13H17ClN2O2S. The molecule has 2 rings (SSSR count). The second-order valence-electron chi connectivity index (χ2n) is 5.18. The van der Waals surface area contributed by atoms with Crippen molar-refractivity contribution in [1.29, 1.82) is 0 Å². The van der Waals surface area contributed by atoms with E-state index in [9.17, 15) is 0 Å². The molecule has 0 saturated carbocycles. The molecule has 0 aliphatic carbocycles. The largest absolute Gasteiger partial charge is 0.475 e. The molecule has 0 aliphatic rings. The van der Waals surface area contributed by atoms with Gasteiger partial charge in [-0.3, -0.25) is 0 Å². The van der Waals surface area contributed by atoms with Crippen molar-refractivity contribution in [2.75, 3.05) is 13.2 Å². The fraction of sp³-hybridized carbons (Fsp3) is 0.538. The minimum Gasteiger partial charge on any atom is -0.475 e. The Hall–Kier alpha value is -0.910. The third-order valence-electron chi connectivity index (χ3n) is 2.31. The Kier molecular flexibility index (Phi) is 4.28. The molecule has 0 atom stereocenters. The van der Waals surface area contributed by atoms with E-state index in [0.29, 0.717) is 19.1 Å². The Morgan fingerprint density at radius 1 is 1.26 bits per heavy atom. The monoisotopic (exact) mass is 300 g/mol. The Balaban J connectivity index is 2.07. The zero-order valence-electron chi connectivity index (χ0n) is 11.5. The van der Waals surface area contributed by atoms with Crippen LogP contribution in [0.15, 0.2) is 6.07 Å². The molecular weight excluding hydrogens is 284 g/mol. The lowest BCUT2D eigenvalue weighted by Gasteiger charge is -2.19. The molecule has 0 saturated heterocycles. The van der Waals surface area contributed by atoms with Gasteiger partial charge in [-0.25, -0.2) is 4.98 Å². The first kappa shape index (κ1) is 14.5. The molecule has 0 N–H and O–H groups in total. The highest BCUT2D eigenvalue weighted by Gasteiger charge is 2.12. The number of fused-ring (bicyclic) bond motifs is 1. The normalized spacial score (nSPS) is 12.1. The van der Waals surface area contributed by atoms with E-state index in [0.717, 1.165) is 15.1 Å². The molecule has 0 radical (unpaired) electrons. The zero-order chi connectivity index (χ0) is 14.0. The molecule has 0 aromatic carbocycles. The summed E-state index contributed by atoms with van der Waals surface area (Å²) in [5, 5.41) is 1.11. The summed E-state index contributed by atoms with van der Waals surface area (Å²) in [4.78, 5) is 10.3. The maximum Gasteiger partial charge on any atom is 0.227 e. The molecule has 19 heavy (non-hydrogen) atoms. The van der Waals surface area contributed by atoms with E-state index in [1.807, 2.05) is 33.8 Å². The van der Waals surface area contributed by atoms with Crippen molar-refractivity contribution < 1.29 is 9.47 Å². The molecule has 104 valence electrons. The van der Waals surface area contributed by atoms with E-state index in [1.165, 1.54) is 0 Å². The predicted molar refractivity (Wildman–Crippen MR) is 78.4 cm³/mol. The number of hydrogen-bond acceptors (Lipinski definition) is 5. The number of aromatic nitrogens is 2. The van der Waals surface area contributed by atoms with Crippen LogP contribution >= 0.6 is 22.9 Å². The molecule has 0 amide bonds. The summed E-state index contributed by atoms with van der Waals surface area (Å²) in [5.41, 5.74) is -0.166. The summed E-state index contributed by atoms with van der Waals surface area (Å²) in [6, 6.07) is 2.01. The lowest BCUT2D eigenvalue weighted by Crippen LogP contribution is -2.22. The molecule has 2 aromatic rings. The third kappa shape index (κ3) is 4.03. The lowest BCUT2D eigenvalue weighted by molar-refractivity contribution is -0.0166. The number of halogens is 1. The van der Waals surface area contributed by atoms with Gasteiger partial charge in [-0.2, -0.15) is 4.98 Å². The molecule has 2 aromatic heterocycles. The first-order valence-electron chi connectivity index (χ1n) is 6.05. The number of nitrogens with zero attached hydrogens (tertiary/aromatic N) is 2. The molecule has 6 heteroatoms. The molecule has 0 aliphatic heterocycles. The predicted octanol–water partition coefficient (Wildman–Crippen LogP) is 3.85. The van der Waals surface area contributed by atoms with Crippen molar-refractivity contribution >= 4 is 33.2 Å². The summed E-state index contributed by atoms with van der Waals surface area (Å²) in [6.07, 6.45) is 0. The van der Waals surface area contributed by atoms with Crippen molar-refractivity contribution in [3.63, 3.8) is 0 Å². The standard InChI is InChI=1S/C13H17ClN2O2S/c1-8-7-9-10(15-12(14)16-11(9)19-8)17-5-6-18-13(2,3)4/h7H,5-6H2,1-4H3. The first-order valence-corrected chi connectivity index (χ1v) is 7.25. The summed E-state index contributed by atoms with van der Waals surface area (Å²) in [7, 11) is 0. The van der Waals surface area contributed by atoms with Crippen molar-refractivity contribution in [1.82, 2.24) is 9.97 Å². The SMILES string of the molecule is Cc1cc2c(OCCOC(C)(C)C)nc(Cl)nc2s1. The zero-order valence-corrected chi connectivity index (χ0v) is 13.1. The van der Waals surface area contributed by atoms with Gasteiger partial charge in [-0.1, -0.05) is 0 Å². The molecule has 0 unspecified atom stereocenters. The summed E-state index contributed by atoms with van der Waals surface area (Å²) < 4.78 is 11.3. The second kappa shape index (κ2) is 5.61. The van der Waals surface area contributed by atoms with Gasteiger partial charge in [-0.05, 0) is 45.4 Å². The van der Waals surface area contributed by atoms with Crippen molar-refractivity contribution in [2.45, 2.75) is 33.3 Å². The topological polar surface area (TPSA) is 44.2 Å². The van der Waals surface area contributed by atoms with Gasteiger partial charge < -0.3 is 9.47 Å². The average Bonchev–Trinajstić information content (AvgIpc) is 2.63. The third-order valence-corrected chi connectivity index (χ3v) is 3.42. The van der Waals surface area contributed by atoms with Crippen LogP contribution in [0, 0.1) is 6.92 Å². The first-order chi connectivity index (χ1) is 8.85. The highest BCUT2D eigenvalue weighted by Crippen LogP contribution is 2.30. The van der Waals surface area contributed by atoms with Gasteiger partial charge in [0.1, 0.15) is 11.4 Å². The second-order valence-corrected chi connectivity index (χ2v) is 6.76. The van der Waals surface area contributed by atoms with E-state index >= 15 is 0 Å². The van der Waals surface area contributed by atoms with E-state index in [1.54, 1.807) is 11.3 Å². The van der Waals surface area contributed by atoms with Crippen LogP contribution in [0.4, 0.5) is 0 Å². The molecule has 0 bridgehead atoms. The molecule has 0 fully saturated rings. The Labute approximate surface area is 121 Å². The molecule has 4 nitrogen and oxygen atoms in total. The molecule has 0 spiro atoms. The van der Waals surface area contributed by atoms with Crippen LogP contribution in [-0.2, 0) is 4.74 Å². The van der Waals surface area contributed by atoms with Crippen LogP contribution in [0.1, 0.15) is 25.6 Å². The van der Waals surface area contributed by atoms with Gasteiger partial charge in [-0.15, -0.1) is 11.3 Å². The number of ether oxygens (including phenoxy) is 2. The Morgan fingerprint density at radius 2 is 2.00 bits per heavy atom. The molecule has 2 heterocycles. The summed E-state index contributed by atoms with van der Waals surface area (Å²) in [5.74, 6) is 0.525. The van der Waals surface area contributed by atoms with E-state index in [4.69, 9.17) is 21.1 Å². The quantitative estimate of drug-likeness (QED) is 0.635. The van der Waals surface area contributed by atoms with Crippen LogP contribution < -0.4 is 4.74 Å². The van der Waals surface area contributed by atoms with E-state index in [-0.39, 0.29) is 10.9 Å². The van der Waals surface area contributed by atoms with Crippen LogP contribution in [-0.4, -0.2) is 28.8 Å². The minimum atomic E-state index is -0.166. The van der Waals surface area contributed by atoms with Crippen molar-refractivity contribution in [3.05, 3.63) is 16.2 Å². The van der Waals surface area contributed by atoms with Crippen LogP contribution in [0.25, 0.3) is 10.2 Å². The fourth-order valence-electron chi connectivity index (χ4n) is 1.59. The number of hydrogen-bond donors (Lipinski definition) is 0. The van der Waals surface area contributed by atoms with E-state index in [2.05, 4.69) is 9.97 Å². The van der Waals surface area contributed by atoms with Gasteiger partial charge in [0.15, 0.2) is 0 Å². The van der Waals surface area contributed by atoms with Crippen molar-refractivity contribution in [3.8, 4) is 5.88 Å². The van der Waals surface area contributed by atoms with E-state index < -0.39 is 0 Å². The Bertz CT molecular complexity index is 578. The summed E-state index contributed by atoms with van der Waals surface area (Å²) in [6.45, 7) is 9.00.